The number of hydrogen-bond donors (Lipinski definition) is 1. The Morgan fingerprint density at radius 2 is 1.34 bits per heavy atom. The molecule has 0 aliphatic rings. The average molecular weight is 391 g/mol. The molecular formula is C23H18FNO4. The highest BCUT2D eigenvalue weighted by atomic mass is 19.1. The Morgan fingerprint density at radius 3 is 2.00 bits per heavy atom. The second kappa shape index (κ2) is 9.41. The number of ether oxygens (including phenoxy) is 1. The molecule has 0 aliphatic carbocycles. The van der Waals surface area contributed by atoms with Gasteiger partial charge < -0.3 is 10.1 Å². The van der Waals surface area contributed by atoms with Crippen molar-refractivity contribution in [2.24, 2.45) is 0 Å². The van der Waals surface area contributed by atoms with Crippen LogP contribution in [-0.4, -0.2) is 30.8 Å². The van der Waals surface area contributed by atoms with Crippen molar-refractivity contribution in [3.05, 3.63) is 95.8 Å². The van der Waals surface area contributed by atoms with Crippen LogP contribution in [0.15, 0.2) is 78.9 Å². The van der Waals surface area contributed by atoms with Gasteiger partial charge >= 0.3 is 5.97 Å². The molecule has 3 aromatic carbocycles. The van der Waals surface area contributed by atoms with Crippen molar-refractivity contribution in [3.8, 4) is 11.1 Å². The number of carbonyl (C=O) groups is 3. The van der Waals surface area contributed by atoms with Crippen LogP contribution in [-0.2, 0) is 9.53 Å². The second-order valence-electron chi connectivity index (χ2n) is 6.22. The maximum absolute atomic E-state index is 12.9. The summed E-state index contributed by atoms with van der Waals surface area (Å²) in [7, 11) is 0. The highest BCUT2D eigenvalue weighted by Crippen LogP contribution is 2.19. The van der Waals surface area contributed by atoms with Gasteiger partial charge in [0.2, 0.25) is 0 Å². The first-order valence-corrected chi connectivity index (χ1v) is 8.91. The Bertz CT molecular complexity index is 999. The summed E-state index contributed by atoms with van der Waals surface area (Å²) < 4.78 is 17.7. The lowest BCUT2D eigenvalue weighted by Crippen LogP contribution is -2.31. The first kappa shape index (κ1) is 19.9. The van der Waals surface area contributed by atoms with Crippen molar-refractivity contribution < 1.29 is 23.5 Å². The quantitative estimate of drug-likeness (QED) is 0.493. The van der Waals surface area contributed by atoms with Crippen LogP contribution in [0.3, 0.4) is 0 Å². The van der Waals surface area contributed by atoms with Crippen LogP contribution < -0.4 is 5.32 Å². The molecule has 0 saturated carbocycles. The molecule has 29 heavy (non-hydrogen) atoms. The predicted octanol–water partition coefficient (Wildman–Crippen LogP) is 3.65. The summed E-state index contributed by atoms with van der Waals surface area (Å²) in [6, 6.07) is 21.6. The third-order valence-electron chi connectivity index (χ3n) is 4.18. The van der Waals surface area contributed by atoms with Gasteiger partial charge in [0.15, 0.2) is 12.4 Å². The average Bonchev–Trinajstić information content (AvgIpc) is 2.77. The van der Waals surface area contributed by atoms with E-state index in [4.69, 9.17) is 4.74 Å². The van der Waals surface area contributed by atoms with Gasteiger partial charge in [0.25, 0.3) is 5.91 Å². The van der Waals surface area contributed by atoms with Crippen molar-refractivity contribution >= 4 is 17.7 Å². The van der Waals surface area contributed by atoms with E-state index in [2.05, 4.69) is 5.32 Å². The Labute approximate surface area is 167 Å². The fourth-order valence-corrected chi connectivity index (χ4v) is 2.62. The predicted molar refractivity (Wildman–Crippen MR) is 106 cm³/mol. The van der Waals surface area contributed by atoms with Crippen LogP contribution in [0, 0.1) is 5.82 Å². The molecule has 0 bridgehead atoms. The number of ketones is 1. The molecule has 1 N–H and O–H groups in total. The van der Waals surface area contributed by atoms with Crippen molar-refractivity contribution in [2.75, 3.05) is 13.2 Å². The summed E-state index contributed by atoms with van der Waals surface area (Å²) in [5, 5.41) is 2.45. The summed E-state index contributed by atoms with van der Waals surface area (Å²) in [5.74, 6) is -2.08. The highest BCUT2D eigenvalue weighted by molar-refractivity contribution is 5.99. The van der Waals surface area contributed by atoms with Crippen LogP contribution in [0.4, 0.5) is 4.39 Å². The first-order chi connectivity index (χ1) is 14.0. The van der Waals surface area contributed by atoms with Crippen molar-refractivity contribution in [2.45, 2.75) is 0 Å². The lowest BCUT2D eigenvalue weighted by atomic mass is 10.0. The molecule has 0 spiro atoms. The highest BCUT2D eigenvalue weighted by Gasteiger charge is 2.12. The molecule has 0 aliphatic heterocycles. The summed E-state index contributed by atoms with van der Waals surface area (Å²) >= 11 is 0. The fourth-order valence-electron chi connectivity index (χ4n) is 2.62. The number of carbonyl (C=O) groups excluding carboxylic acids is 3. The number of nitrogens with one attached hydrogen (secondary N) is 1. The SMILES string of the molecule is O=C(CNC(=O)c1ccc(-c2ccccc2)cc1)OCC(=O)c1ccc(F)cc1. The standard InChI is InChI=1S/C23H18FNO4/c24-20-12-10-18(11-13-20)21(26)15-29-22(27)14-25-23(28)19-8-6-17(7-9-19)16-4-2-1-3-5-16/h1-13H,14-15H2,(H,25,28). The number of Topliss-reactive ketones (excluding diaryl/α,β-unsaturated/α-hetero) is 1. The van der Waals surface area contributed by atoms with Gasteiger partial charge in [0.05, 0.1) is 0 Å². The largest absolute Gasteiger partial charge is 0.456 e. The van der Waals surface area contributed by atoms with Crippen LogP contribution in [0.2, 0.25) is 0 Å². The summed E-state index contributed by atoms with van der Waals surface area (Å²) in [4.78, 5) is 35.8. The maximum atomic E-state index is 12.9. The number of benzene rings is 3. The third-order valence-corrected chi connectivity index (χ3v) is 4.18. The van der Waals surface area contributed by atoms with Gasteiger partial charge in [-0.05, 0) is 47.5 Å². The van der Waals surface area contributed by atoms with Crippen molar-refractivity contribution in [1.82, 2.24) is 5.32 Å². The van der Waals surface area contributed by atoms with E-state index in [-0.39, 0.29) is 12.1 Å². The minimum absolute atomic E-state index is 0.238. The minimum atomic E-state index is -0.741. The molecule has 3 aromatic rings. The van der Waals surface area contributed by atoms with Gasteiger partial charge in [-0.15, -0.1) is 0 Å². The van der Waals surface area contributed by atoms with Crippen molar-refractivity contribution in [1.29, 1.82) is 0 Å². The second-order valence-corrected chi connectivity index (χ2v) is 6.22. The zero-order valence-electron chi connectivity index (χ0n) is 15.4. The molecule has 0 aromatic heterocycles. The molecule has 0 saturated heterocycles. The molecular weight excluding hydrogens is 373 g/mol. The van der Waals surface area contributed by atoms with Gasteiger partial charge in [-0.2, -0.15) is 0 Å². The van der Waals surface area contributed by atoms with Crippen LogP contribution >= 0.6 is 0 Å². The van der Waals surface area contributed by atoms with Gasteiger partial charge in [0.1, 0.15) is 12.4 Å². The van der Waals surface area contributed by atoms with Crippen LogP contribution in [0.5, 0.6) is 0 Å². The van der Waals surface area contributed by atoms with E-state index in [1.807, 2.05) is 42.5 Å². The van der Waals surface area contributed by atoms with E-state index in [0.29, 0.717) is 5.56 Å². The number of amides is 1. The summed E-state index contributed by atoms with van der Waals surface area (Å²) in [6.07, 6.45) is 0. The van der Waals surface area contributed by atoms with E-state index in [0.717, 1.165) is 23.3 Å². The Hall–Kier alpha value is -3.80. The normalized spacial score (nSPS) is 10.2. The molecule has 0 fully saturated rings. The molecule has 3 rings (SSSR count). The zero-order valence-corrected chi connectivity index (χ0v) is 15.4. The molecule has 6 heteroatoms. The number of rotatable bonds is 7. The van der Waals surface area contributed by atoms with Gasteiger partial charge in [-0.25, -0.2) is 4.39 Å². The monoisotopic (exact) mass is 391 g/mol. The Kier molecular flexibility index (Phi) is 6.47. The number of esters is 1. The minimum Gasteiger partial charge on any atom is -0.456 e. The number of halogens is 1. The Balaban J connectivity index is 1.46. The summed E-state index contributed by atoms with van der Waals surface area (Å²) in [5.41, 5.74) is 2.65. The molecule has 146 valence electrons. The lowest BCUT2D eigenvalue weighted by Gasteiger charge is -2.07. The van der Waals surface area contributed by atoms with Gasteiger partial charge in [0, 0.05) is 11.1 Å². The Morgan fingerprint density at radius 1 is 0.759 bits per heavy atom. The van der Waals surface area contributed by atoms with E-state index in [9.17, 15) is 18.8 Å². The topological polar surface area (TPSA) is 72.5 Å². The smallest absolute Gasteiger partial charge is 0.325 e. The van der Waals surface area contributed by atoms with E-state index in [1.54, 1.807) is 12.1 Å². The molecule has 5 nitrogen and oxygen atoms in total. The lowest BCUT2D eigenvalue weighted by molar-refractivity contribution is -0.141. The van der Waals surface area contributed by atoms with Gasteiger partial charge in [-0.3, -0.25) is 14.4 Å². The van der Waals surface area contributed by atoms with Crippen LogP contribution in [0.25, 0.3) is 11.1 Å². The molecule has 1 amide bonds. The van der Waals surface area contributed by atoms with Crippen molar-refractivity contribution in [3.63, 3.8) is 0 Å². The van der Waals surface area contributed by atoms with Gasteiger partial charge in [-0.1, -0.05) is 42.5 Å². The third kappa shape index (κ3) is 5.59. The zero-order chi connectivity index (χ0) is 20.6. The molecule has 0 radical (unpaired) electrons. The molecule has 0 heterocycles. The molecule has 0 atom stereocenters. The first-order valence-electron chi connectivity index (χ1n) is 8.91. The summed E-state index contributed by atoms with van der Waals surface area (Å²) in [6.45, 7) is -0.845. The van der Waals surface area contributed by atoms with E-state index < -0.39 is 30.1 Å². The van der Waals surface area contributed by atoms with E-state index >= 15 is 0 Å². The maximum Gasteiger partial charge on any atom is 0.325 e. The fraction of sp³-hybridized carbons (Fsp3) is 0.0870. The van der Waals surface area contributed by atoms with E-state index in [1.165, 1.54) is 12.1 Å². The number of hydrogen-bond acceptors (Lipinski definition) is 4. The van der Waals surface area contributed by atoms with Crippen LogP contribution in [0.1, 0.15) is 20.7 Å². The molecule has 0 unspecified atom stereocenters.